The first-order valence-corrected chi connectivity index (χ1v) is 7.88. The lowest BCUT2D eigenvalue weighted by Gasteiger charge is -2.34. The molecule has 2 aromatic rings. The van der Waals surface area contributed by atoms with E-state index in [4.69, 9.17) is 0 Å². The smallest absolute Gasteiger partial charge is 0.169 e. The van der Waals surface area contributed by atoms with Gasteiger partial charge in [-0.05, 0) is 30.3 Å². The number of aromatic nitrogens is 1. The topological polar surface area (TPSA) is 10.4 Å². The van der Waals surface area contributed by atoms with E-state index in [1.54, 1.807) is 0 Å². The van der Waals surface area contributed by atoms with Crippen LogP contribution in [0.3, 0.4) is 0 Å². The Balaban J connectivity index is 1.65. The Hall–Kier alpha value is -2.13. The maximum Gasteiger partial charge on any atom is 0.169 e. The van der Waals surface area contributed by atoms with Crippen LogP contribution in [-0.2, 0) is 7.05 Å². The molecule has 0 bridgehead atoms. The molecule has 1 aliphatic heterocycles. The molecular weight excluding hydrogens is 270 g/mol. The quantitative estimate of drug-likeness (QED) is 0.805. The summed E-state index contributed by atoms with van der Waals surface area (Å²) in [5, 5.41) is 0. The first-order valence-electron chi connectivity index (χ1n) is 7.88. The second-order valence-electron chi connectivity index (χ2n) is 6.01. The summed E-state index contributed by atoms with van der Waals surface area (Å²) < 4.78 is 2.04. The van der Waals surface area contributed by atoms with E-state index in [1.807, 2.05) is 11.6 Å². The number of anilines is 1. The van der Waals surface area contributed by atoms with Gasteiger partial charge in [0.25, 0.3) is 0 Å². The number of hydrogen-bond donors (Lipinski definition) is 0. The molecule has 1 saturated heterocycles. The van der Waals surface area contributed by atoms with Crippen molar-refractivity contribution >= 4 is 17.8 Å². The molecule has 0 aliphatic carbocycles. The van der Waals surface area contributed by atoms with E-state index >= 15 is 0 Å². The molecule has 0 N–H and O–H groups in total. The van der Waals surface area contributed by atoms with Crippen molar-refractivity contribution < 1.29 is 4.57 Å². The van der Waals surface area contributed by atoms with E-state index in [2.05, 4.69) is 77.8 Å². The average molecular weight is 294 g/mol. The Kier molecular flexibility index (Phi) is 4.54. The number of aryl methyl sites for hydroxylation is 1. The number of likely N-dealkylation sites (N-methyl/N-ethyl adjacent to an activating group) is 1. The van der Waals surface area contributed by atoms with Gasteiger partial charge in [-0.3, -0.25) is 0 Å². The Morgan fingerprint density at radius 1 is 0.818 bits per heavy atom. The van der Waals surface area contributed by atoms with E-state index in [-0.39, 0.29) is 0 Å². The van der Waals surface area contributed by atoms with Gasteiger partial charge in [-0.25, -0.2) is 4.57 Å². The monoisotopic (exact) mass is 294 g/mol. The van der Waals surface area contributed by atoms with Crippen molar-refractivity contribution in [2.75, 3.05) is 38.1 Å². The standard InChI is InChI=1S/C19H24N3/c1-20-11-9-18(10-12-20)4-3-17-5-7-19(8-6-17)22-15-13-21(2)14-16-22/h3-12H,13-16H2,1-2H3/q+1. The molecule has 3 rings (SSSR count). The van der Waals surface area contributed by atoms with Crippen LogP contribution in [-0.4, -0.2) is 38.1 Å². The molecular formula is C19H24N3+. The minimum absolute atomic E-state index is 1.12. The molecule has 1 aromatic heterocycles. The van der Waals surface area contributed by atoms with E-state index in [0.717, 1.165) is 26.2 Å². The second-order valence-corrected chi connectivity index (χ2v) is 6.01. The van der Waals surface area contributed by atoms with Crippen LogP contribution in [0.5, 0.6) is 0 Å². The molecule has 0 unspecified atom stereocenters. The summed E-state index contributed by atoms with van der Waals surface area (Å²) in [4.78, 5) is 4.85. The molecule has 0 atom stereocenters. The third-order valence-electron chi connectivity index (χ3n) is 4.23. The third-order valence-corrected chi connectivity index (χ3v) is 4.23. The van der Waals surface area contributed by atoms with Gasteiger partial charge in [0.1, 0.15) is 7.05 Å². The number of hydrogen-bond acceptors (Lipinski definition) is 2. The van der Waals surface area contributed by atoms with Gasteiger partial charge in [-0.1, -0.05) is 24.3 Å². The van der Waals surface area contributed by atoms with Gasteiger partial charge >= 0.3 is 0 Å². The van der Waals surface area contributed by atoms with Gasteiger partial charge in [-0.15, -0.1) is 0 Å². The van der Waals surface area contributed by atoms with Crippen LogP contribution in [0.15, 0.2) is 48.8 Å². The molecule has 22 heavy (non-hydrogen) atoms. The van der Waals surface area contributed by atoms with Gasteiger partial charge in [-0.2, -0.15) is 0 Å². The lowest BCUT2D eigenvalue weighted by atomic mass is 10.1. The van der Waals surface area contributed by atoms with E-state index in [1.165, 1.54) is 16.8 Å². The molecule has 2 heterocycles. The minimum atomic E-state index is 1.12. The molecule has 0 saturated carbocycles. The van der Waals surface area contributed by atoms with E-state index < -0.39 is 0 Å². The zero-order valence-corrected chi connectivity index (χ0v) is 13.4. The molecule has 1 aliphatic rings. The maximum atomic E-state index is 2.46. The summed E-state index contributed by atoms with van der Waals surface area (Å²) in [7, 11) is 4.22. The zero-order chi connectivity index (χ0) is 15.4. The van der Waals surface area contributed by atoms with Crippen molar-refractivity contribution in [3.8, 4) is 0 Å². The molecule has 114 valence electrons. The summed E-state index contributed by atoms with van der Waals surface area (Å²) in [6, 6.07) is 13.1. The molecule has 0 spiro atoms. The van der Waals surface area contributed by atoms with Crippen LogP contribution in [0.25, 0.3) is 12.2 Å². The van der Waals surface area contributed by atoms with Gasteiger partial charge in [0.05, 0.1) is 0 Å². The van der Waals surface area contributed by atoms with Crippen LogP contribution in [0.1, 0.15) is 11.1 Å². The Labute approximate surface area is 133 Å². The van der Waals surface area contributed by atoms with Crippen LogP contribution >= 0.6 is 0 Å². The zero-order valence-electron chi connectivity index (χ0n) is 13.4. The summed E-state index contributed by atoms with van der Waals surface area (Å²) in [6.07, 6.45) is 8.46. The highest BCUT2D eigenvalue weighted by Crippen LogP contribution is 2.18. The molecule has 3 nitrogen and oxygen atoms in total. The van der Waals surface area contributed by atoms with Crippen LogP contribution in [0.2, 0.25) is 0 Å². The van der Waals surface area contributed by atoms with Gasteiger partial charge in [0.2, 0.25) is 0 Å². The molecule has 3 heteroatoms. The second kappa shape index (κ2) is 6.75. The van der Waals surface area contributed by atoms with Crippen LogP contribution in [0.4, 0.5) is 5.69 Å². The van der Waals surface area contributed by atoms with Crippen LogP contribution in [0, 0.1) is 0 Å². The van der Waals surface area contributed by atoms with Crippen molar-refractivity contribution in [3.05, 3.63) is 59.9 Å². The van der Waals surface area contributed by atoms with Gasteiger partial charge in [0.15, 0.2) is 12.4 Å². The first kappa shape index (κ1) is 14.8. The molecule has 0 radical (unpaired) electrons. The lowest BCUT2D eigenvalue weighted by molar-refractivity contribution is -0.671. The largest absolute Gasteiger partial charge is 0.369 e. The predicted octanol–water partition coefficient (Wildman–Crippen LogP) is 2.43. The summed E-state index contributed by atoms with van der Waals surface area (Å²) >= 11 is 0. The van der Waals surface area contributed by atoms with Crippen molar-refractivity contribution in [1.29, 1.82) is 0 Å². The molecule has 1 aromatic carbocycles. The fourth-order valence-electron chi connectivity index (χ4n) is 2.68. The fraction of sp³-hybridized carbons (Fsp3) is 0.316. The number of benzene rings is 1. The van der Waals surface area contributed by atoms with E-state index in [9.17, 15) is 0 Å². The number of piperazine rings is 1. The van der Waals surface area contributed by atoms with Crippen molar-refractivity contribution in [2.45, 2.75) is 0 Å². The van der Waals surface area contributed by atoms with Crippen LogP contribution < -0.4 is 9.47 Å². The summed E-state index contributed by atoms with van der Waals surface area (Å²) in [5.41, 5.74) is 3.80. The van der Waals surface area contributed by atoms with E-state index in [0.29, 0.717) is 0 Å². The Bertz CT molecular complexity index is 621. The summed E-state index contributed by atoms with van der Waals surface area (Å²) in [5.74, 6) is 0. The normalized spacial score (nSPS) is 16.4. The highest BCUT2D eigenvalue weighted by atomic mass is 15.2. The van der Waals surface area contributed by atoms with Crippen molar-refractivity contribution in [3.63, 3.8) is 0 Å². The lowest BCUT2D eigenvalue weighted by Crippen LogP contribution is -2.44. The number of pyridine rings is 1. The molecule has 0 amide bonds. The Morgan fingerprint density at radius 2 is 1.36 bits per heavy atom. The summed E-state index contributed by atoms with van der Waals surface area (Å²) in [6.45, 7) is 4.53. The highest BCUT2D eigenvalue weighted by Gasteiger charge is 2.13. The third kappa shape index (κ3) is 3.74. The highest BCUT2D eigenvalue weighted by molar-refractivity contribution is 5.70. The Morgan fingerprint density at radius 3 is 1.95 bits per heavy atom. The van der Waals surface area contributed by atoms with Crippen molar-refractivity contribution in [2.24, 2.45) is 7.05 Å². The van der Waals surface area contributed by atoms with Crippen molar-refractivity contribution in [1.82, 2.24) is 4.90 Å². The average Bonchev–Trinajstić information content (AvgIpc) is 2.56. The minimum Gasteiger partial charge on any atom is -0.369 e. The number of rotatable bonds is 3. The first-order chi connectivity index (χ1) is 10.7. The fourth-order valence-corrected chi connectivity index (χ4v) is 2.68. The molecule has 1 fully saturated rings. The maximum absolute atomic E-state index is 2.46. The van der Waals surface area contributed by atoms with Gasteiger partial charge < -0.3 is 9.80 Å². The van der Waals surface area contributed by atoms with Gasteiger partial charge in [0, 0.05) is 44.0 Å². The SMILES string of the molecule is CN1CCN(c2ccc(C=Cc3cc[n+](C)cc3)cc2)CC1. The number of nitrogens with zero attached hydrogens (tertiary/aromatic N) is 3. The predicted molar refractivity (Wildman–Crippen MR) is 92.7 cm³/mol.